The molecular weight excluding hydrogens is 430 g/mol. The third-order valence-corrected chi connectivity index (χ3v) is 5.92. The molecule has 4 aromatic rings. The molecule has 0 amide bonds. The molecule has 1 aromatic heterocycles. The Bertz CT molecular complexity index is 1230. The number of hydrogen-bond donors (Lipinski definition) is 0. The third-order valence-electron chi connectivity index (χ3n) is 5.02. The Hall–Kier alpha value is -3.45. The van der Waals surface area contributed by atoms with Crippen LogP contribution in [-0.4, -0.2) is 11.6 Å². The van der Waals surface area contributed by atoms with Gasteiger partial charge in [-0.05, 0) is 79.6 Å². The summed E-state index contributed by atoms with van der Waals surface area (Å²) < 4.78 is 6.88. The van der Waals surface area contributed by atoms with Gasteiger partial charge in [0.15, 0.2) is 0 Å². The van der Waals surface area contributed by atoms with E-state index >= 15 is 0 Å². The van der Waals surface area contributed by atoms with Gasteiger partial charge in [0.2, 0.25) is 5.13 Å². The maximum atomic E-state index is 5.77. The number of benzene rings is 3. The molecule has 0 N–H and O–H groups in total. The Labute approximate surface area is 198 Å². The highest BCUT2D eigenvalue weighted by Crippen LogP contribution is 2.30. The van der Waals surface area contributed by atoms with Gasteiger partial charge >= 0.3 is 0 Å². The van der Waals surface area contributed by atoms with Crippen molar-refractivity contribution < 1.29 is 4.74 Å². The molecule has 0 saturated heterocycles. The Balaban J connectivity index is 1.31. The van der Waals surface area contributed by atoms with Gasteiger partial charge in [0, 0.05) is 0 Å². The highest BCUT2D eigenvalue weighted by molar-refractivity contribution is 7.21. The number of thiazole rings is 1. The zero-order valence-corrected chi connectivity index (χ0v) is 19.8. The largest absolute Gasteiger partial charge is 0.494 e. The van der Waals surface area contributed by atoms with Crippen molar-refractivity contribution >= 4 is 43.7 Å². The van der Waals surface area contributed by atoms with Gasteiger partial charge in [-0.1, -0.05) is 43.6 Å². The monoisotopic (exact) mass is 457 g/mol. The number of fused-ring (bicyclic) bond motifs is 1. The van der Waals surface area contributed by atoms with Gasteiger partial charge in [0.25, 0.3) is 0 Å². The van der Waals surface area contributed by atoms with Crippen LogP contribution >= 0.6 is 11.3 Å². The quantitative estimate of drug-likeness (QED) is 0.176. The first kappa shape index (κ1) is 22.7. The third kappa shape index (κ3) is 6.76. The molecule has 1 heterocycles. The molecule has 0 unspecified atom stereocenters. The summed E-state index contributed by atoms with van der Waals surface area (Å²) in [6, 6.07) is 21.3. The van der Waals surface area contributed by atoms with Gasteiger partial charge in [0.05, 0.1) is 33.9 Å². The minimum Gasteiger partial charge on any atom is -0.494 e. The van der Waals surface area contributed by atoms with Crippen LogP contribution in [0.5, 0.6) is 5.75 Å². The Morgan fingerprint density at radius 3 is 2.06 bits per heavy atom. The molecule has 0 bridgehead atoms. The average molecular weight is 458 g/mol. The van der Waals surface area contributed by atoms with Crippen molar-refractivity contribution in [2.45, 2.75) is 39.5 Å². The summed E-state index contributed by atoms with van der Waals surface area (Å²) in [4.78, 5) is 4.50. The molecule has 0 spiro atoms. The topological polar surface area (TPSA) is 71.6 Å². The van der Waals surface area contributed by atoms with Crippen LogP contribution in [0.4, 0.5) is 22.2 Å². The first-order valence-electron chi connectivity index (χ1n) is 11.2. The van der Waals surface area contributed by atoms with Gasteiger partial charge in [-0.25, -0.2) is 4.98 Å². The molecule has 0 aliphatic rings. The zero-order valence-electron chi connectivity index (χ0n) is 18.9. The Kier molecular flexibility index (Phi) is 7.87. The molecule has 0 radical (unpaired) electrons. The lowest BCUT2D eigenvalue weighted by atomic mass is 10.2. The van der Waals surface area contributed by atoms with Gasteiger partial charge in [0.1, 0.15) is 5.75 Å². The van der Waals surface area contributed by atoms with Crippen LogP contribution in [0.3, 0.4) is 0 Å². The second-order valence-corrected chi connectivity index (χ2v) is 8.80. The number of aromatic nitrogens is 1. The van der Waals surface area contributed by atoms with E-state index < -0.39 is 0 Å². The molecule has 0 atom stereocenters. The summed E-state index contributed by atoms with van der Waals surface area (Å²) in [5.74, 6) is 0.864. The molecule has 0 fully saturated rings. The summed E-state index contributed by atoms with van der Waals surface area (Å²) in [5.41, 5.74) is 4.43. The fraction of sp³-hybridized carbons (Fsp3) is 0.269. The van der Waals surface area contributed by atoms with E-state index in [1.165, 1.54) is 36.2 Å². The van der Waals surface area contributed by atoms with E-state index in [4.69, 9.17) is 4.74 Å². The van der Waals surface area contributed by atoms with Crippen molar-refractivity contribution in [1.82, 2.24) is 4.98 Å². The molecule has 4 rings (SSSR count). The fourth-order valence-corrected chi connectivity index (χ4v) is 4.08. The first-order valence-corrected chi connectivity index (χ1v) is 12.0. The molecule has 3 aromatic carbocycles. The smallest absolute Gasteiger partial charge is 0.231 e. The molecule has 0 saturated carbocycles. The lowest BCUT2D eigenvalue weighted by Crippen LogP contribution is -1.96. The molecule has 6 nitrogen and oxygen atoms in total. The molecular formula is C26H27N5OS. The first-order chi connectivity index (χ1) is 16.2. The van der Waals surface area contributed by atoms with Crippen LogP contribution in [0.15, 0.2) is 87.2 Å². The van der Waals surface area contributed by atoms with Gasteiger partial charge in [-0.2, -0.15) is 10.2 Å². The van der Waals surface area contributed by atoms with Crippen molar-refractivity contribution in [1.29, 1.82) is 0 Å². The lowest BCUT2D eigenvalue weighted by Gasteiger charge is -2.05. The lowest BCUT2D eigenvalue weighted by molar-refractivity contribution is 0.305. The molecule has 0 aliphatic heterocycles. The predicted octanol–water partition coefficient (Wildman–Crippen LogP) is 9.39. The number of nitrogens with zero attached hydrogens (tertiary/aromatic N) is 5. The SMILES string of the molecule is CCCCCCOc1ccc(N=Nc2ccc(N=Nc3nc4ccc(C)cc4s3)cc2)cc1. The molecule has 168 valence electrons. The van der Waals surface area contributed by atoms with E-state index in [2.05, 4.69) is 45.4 Å². The van der Waals surface area contributed by atoms with E-state index in [9.17, 15) is 0 Å². The van der Waals surface area contributed by atoms with Crippen molar-refractivity contribution in [2.24, 2.45) is 20.5 Å². The van der Waals surface area contributed by atoms with Gasteiger partial charge in [-0.3, -0.25) is 0 Å². The number of aryl methyl sites for hydroxylation is 1. The molecule has 0 aliphatic carbocycles. The molecule has 33 heavy (non-hydrogen) atoms. The van der Waals surface area contributed by atoms with Crippen LogP contribution < -0.4 is 4.74 Å². The number of unbranched alkanes of at least 4 members (excludes halogenated alkanes) is 3. The predicted molar refractivity (Wildman–Crippen MR) is 135 cm³/mol. The normalized spacial score (nSPS) is 11.7. The summed E-state index contributed by atoms with van der Waals surface area (Å²) in [6.45, 7) is 5.03. The minimum atomic E-state index is 0.646. The number of ether oxygens (including phenoxy) is 1. The van der Waals surface area contributed by atoms with Crippen LogP contribution in [0.25, 0.3) is 10.2 Å². The minimum absolute atomic E-state index is 0.646. The maximum Gasteiger partial charge on any atom is 0.231 e. The Morgan fingerprint density at radius 2 is 1.39 bits per heavy atom. The van der Waals surface area contributed by atoms with Crippen molar-refractivity contribution in [3.63, 3.8) is 0 Å². The molecule has 7 heteroatoms. The highest BCUT2D eigenvalue weighted by atomic mass is 32.1. The van der Waals surface area contributed by atoms with E-state index in [1.807, 2.05) is 60.7 Å². The van der Waals surface area contributed by atoms with E-state index in [1.54, 1.807) is 0 Å². The average Bonchev–Trinajstić information content (AvgIpc) is 3.25. The second kappa shape index (κ2) is 11.4. The van der Waals surface area contributed by atoms with Crippen molar-refractivity contribution in [3.8, 4) is 5.75 Å². The number of azo groups is 2. The standard InChI is InChI=1S/C26H27N5OS/c1-3-4-5-6-17-32-23-14-12-22(13-15-23)29-28-20-8-10-21(11-9-20)30-31-26-27-24-16-7-19(2)18-25(24)33-26/h7-16,18H,3-6,17H2,1-2H3. The van der Waals surface area contributed by atoms with Crippen molar-refractivity contribution in [2.75, 3.05) is 6.61 Å². The number of rotatable bonds is 10. The zero-order chi connectivity index (χ0) is 22.9. The maximum absolute atomic E-state index is 5.77. The number of hydrogen-bond acceptors (Lipinski definition) is 7. The van der Waals surface area contributed by atoms with Crippen LogP contribution in [0.2, 0.25) is 0 Å². The van der Waals surface area contributed by atoms with E-state index in [0.717, 1.165) is 46.1 Å². The summed E-state index contributed by atoms with van der Waals surface area (Å²) >= 11 is 1.53. The van der Waals surface area contributed by atoms with Crippen LogP contribution in [0, 0.1) is 6.92 Å². The van der Waals surface area contributed by atoms with Gasteiger partial charge in [-0.15, -0.1) is 10.2 Å². The van der Waals surface area contributed by atoms with Crippen LogP contribution in [-0.2, 0) is 0 Å². The highest BCUT2D eigenvalue weighted by Gasteiger charge is 2.03. The second-order valence-electron chi connectivity index (χ2n) is 7.79. The van der Waals surface area contributed by atoms with E-state index in [0.29, 0.717) is 5.13 Å². The Morgan fingerprint density at radius 1 is 0.758 bits per heavy atom. The van der Waals surface area contributed by atoms with Gasteiger partial charge < -0.3 is 4.74 Å². The summed E-state index contributed by atoms with van der Waals surface area (Å²) in [6.07, 6.45) is 4.79. The van der Waals surface area contributed by atoms with Crippen molar-refractivity contribution in [3.05, 3.63) is 72.3 Å². The van der Waals surface area contributed by atoms with E-state index in [-0.39, 0.29) is 0 Å². The fourth-order valence-electron chi connectivity index (χ4n) is 3.19. The summed E-state index contributed by atoms with van der Waals surface area (Å²) in [5, 5.41) is 17.8. The summed E-state index contributed by atoms with van der Waals surface area (Å²) in [7, 11) is 0. The van der Waals surface area contributed by atoms with Crippen LogP contribution in [0.1, 0.15) is 38.2 Å².